The fraction of sp³-hybridized carbons (Fsp3) is 0.600. The SMILES string of the molecule is O=C(CN1CCCCCC1)Nc1nc2ccc(S(=O)(=O)N3CCCCC3)cc2s1. The second kappa shape index (κ2) is 9.07. The third-order valence-corrected chi connectivity index (χ3v) is 8.45. The highest BCUT2D eigenvalue weighted by molar-refractivity contribution is 7.89. The monoisotopic (exact) mass is 436 g/mol. The van der Waals surface area contributed by atoms with E-state index in [-0.39, 0.29) is 5.91 Å². The van der Waals surface area contributed by atoms with Crippen LogP contribution in [0.1, 0.15) is 44.9 Å². The molecule has 0 radical (unpaired) electrons. The van der Waals surface area contributed by atoms with E-state index in [1.165, 1.54) is 24.2 Å². The minimum Gasteiger partial charge on any atom is -0.301 e. The van der Waals surface area contributed by atoms with Gasteiger partial charge in [-0.05, 0) is 57.0 Å². The summed E-state index contributed by atoms with van der Waals surface area (Å²) >= 11 is 1.32. The molecule has 158 valence electrons. The van der Waals surface area contributed by atoms with Gasteiger partial charge in [-0.2, -0.15) is 4.31 Å². The van der Waals surface area contributed by atoms with Crippen LogP contribution in [-0.2, 0) is 14.8 Å². The molecule has 0 spiro atoms. The van der Waals surface area contributed by atoms with Crippen molar-refractivity contribution in [2.45, 2.75) is 49.8 Å². The molecule has 4 rings (SSSR count). The highest BCUT2D eigenvalue weighted by Gasteiger charge is 2.26. The van der Waals surface area contributed by atoms with Gasteiger partial charge in [-0.25, -0.2) is 13.4 Å². The number of nitrogens with zero attached hydrogens (tertiary/aromatic N) is 3. The maximum Gasteiger partial charge on any atom is 0.243 e. The lowest BCUT2D eigenvalue weighted by molar-refractivity contribution is -0.117. The maximum atomic E-state index is 12.9. The van der Waals surface area contributed by atoms with E-state index in [1.54, 1.807) is 22.5 Å². The highest BCUT2D eigenvalue weighted by Crippen LogP contribution is 2.30. The minimum atomic E-state index is -3.47. The molecule has 0 atom stereocenters. The van der Waals surface area contributed by atoms with Gasteiger partial charge in [0.2, 0.25) is 15.9 Å². The summed E-state index contributed by atoms with van der Waals surface area (Å²) in [5.41, 5.74) is 0.706. The zero-order chi connectivity index (χ0) is 20.3. The first-order valence-electron chi connectivity index (χ1n) is 10.5. The van der Waals surface area contributed by atoms with Crippen LogP contribution in [0.5, 0.6) is 0 Å². The summed E-state index contributed by atoms with van der Waals surface area (Å²) in [5.74, 6) is -0.0629. The molecule has 0 saturated carbocycles. The zero-order valence-corrected chi connectivity index (χ0v) is 18.2. The molecule has 2 aliphatic heterocycles. The molecule has 1 amide bonds. The summed E-state index contributed by atoms with van der Waals surface area (Å²) in [6.45, 7) is 3.47. The number of fused-ring (bicyclic) bond motifs is 1. The number of thiazole rings is 1. The number of anilines is 1. The topological polar surface area (TPSA) is 82.6 Å². The number of rotatable bonds is 5. The van der Waals surface area contributed by atoms with Gasteiger partial charge in [0.15, 0.2) is 5.13 Å². The van der Waals surface area contributed by atoms with Gasteiger partial charge in [0.1, 0.15) is 0 Å². The predicted octanol–water partition coefficient (Wildman–Crippen LogP) is 3.29. The molecule has 1 aromatic heterocycles. The number of hydrogen-bond acceptors (Lipinski definition) is 6. The number of nitrogens with one attached hydrogen (secondary N) is 1. The van der Waals surface area contributed by atoms with E-state index in [9.17, 15) is 13.2 Å². The van der Waals surface area contributed by atoms with Gasteiger partial charge in [0.25, 0.3) is 0 Å². The van der Waals surface area contributed by atoms with E-state index in [4.69, 9.17) is 0 Å². The lowest BCUT2D eigenvalue weighted by atomic mass is 10.2. The highest BCUT2D eigenvalue weighted by atomic mass is 32.2. The summed E-state index contributed by atoms with van der Waals surface area (Å²) in [4.78, 5) is 19.4. The van der Waals surface area contributed by atoms with Crippen LogP contribution in [0, 0.1) is 0 Å². The Kier molecular flexibility index (Phi) is 6.48. The zero-order valence-electron chi connectivity index (χ0n) is 16.6. The van der Waals surface area contributed by atoms with Crippen LogP contribution in [0.4, 0.5) is 5.13 Å². The van der Waals surface area contributed by atoms with Crippen LogP contribution in [-0.4, -0.2) is 61.2 Å². The molecule has 3 heterocycles. The molecule has 0 bridgehead atoms. The van der Waals surface area contributed by atoms with E-state index < -0.39 is 10.0 Å². The van der Waals surface area contributed by atoms with Crippen molar-refractivity contribution < 1.29 is 13.2 Å². The standard InChI is InChI=1S/C20H28N4O3S2/c25-19(15-23-10-4-1-2-5-11-23)22-20-21-17-9-8-16(14-18(17)28-20)29(26,27)24-12-6-3-7-13-24/h8-9,14H,1-7,10-13,15H2,(H,21,22,25). The number of benzene rings is 1. The third kappa shape index (κ3) is 4.96. The van der Waals surface area contributed by atoms with Crippen molar-refractivity contribution in [1.29, 1.82) is 0 Å². The predicted molar refractivity (Wildman–Crippen MR) is 116 cm³/mol. The fourth-order valence-electron chi connectivity index (χ4n) is 4.03. The summed E-state index contributed by atoms with van der Waals surface area (Å²) in [6, 6.07) is 5.03. The Hall–Kier alpha value is -1.55. The number of likely N-dealkylation sites (tertiary alicyclic amines) is 1. The Balaban J connectivity index is 1.46. The molecule has 2 fully saturated rings. The lowest BCUT2D eigenvalue weighted by Gasteiger charge is -2.25. The number of carbonyl (C=O) groups is 1. The Labute approximate surface area is 176 Å². The lowest BCUT2D eigenvalue weighted by Crippen LogP contribution is -2.35. The van der Waals surface area contributed by atoms with Crippen LogP contribution >= 0.6 is 11.3 Å². The van der Waals surface area contributed by atoms with E-state index in [0.717, 1.165) is 49.9 Å². The number of piperidine rings is 1. The largest absolute Gasteiger partial charge is 0.301 e. The Morgan fingerprint density at radius 3 is 2.38 bits per heavy atom. The second-order valence-corrected chi connectivity index (χ2v) is 10.8. The molecule has 1 aromatic carbocycles. The van der Waals surface area contributed by atoms with Crippen LogP contribution in [0.15, 0.2) is 23.1 Å². The van der Waals surface area contributed by atoms with Crippen molar-refractivity contribution >= 4 is 42.6 Å². The summed E-state index contributed by atoms with van der Waals surface area (Å²) < 4.78 is 28.1. The Bertz CT molecular complexity index is 959. The van der Waals surface area contributed by atoms with Crippen LogP contribution in [0.25, 0.3) is 10.2 Å². The number of amides is 1. The molecule has 2 saturated heterocycles. The second-order valence-electron chi connectivity index (χ2n) is 7.85. The average molecular weight is 437 g/mol. The van der Waals surface area contributed by atoms with E-state index in [2.05, 4.69) is 15.2 Å². The first-order valence-corrected chi connectivity index (χ1v) is 12.7. The van der Waals surface area contributed by atoms with Gasteiger partial charge in [-0.1, -0.05) is 30.6 Å². The van der Waals surface area contributed by atoms with E-state index >= 15 is 0 Å². The first kappa shape index (κ1) is 20.7. The smallest absolute Gasteiger partial charge is 0.243 e. The quantitative estimate of drug-likeness (QED) is 0.778. The number of carbonyl (C=O) groups excluding carboxylic acids is 1. The van der Waals surface area contributed by atoms with Gasteiger partial charge < -0.3 is 5.32 Å². The van der Waals surface area contributed by atoms with Gasteiger partial charge in [-0.15, -0.1) is 0 Å². The van der Waals surface area contributed by atoms with E-state index in [1.807, 2.05) is 0 Å². The van der Waals surface area contributed by atoms with Crippen molar-refractivity contribution in [2.75, 3.05) is 38.0 Å². The molecule has 2 aromatic rings. The normalized spacial score (nSPS) is 19.9. The Morgan fingerprint density at radius 2 is 1.66 bits per heavy atom. The van der Waals surface area contributed by atoms with Crippen molar-refractivity contribution in [3.05, 3.63) is 18.2 Å². The number of aromatic nitrogens is 1. The van der Waals surface area contributed by atoms with E-state index in [0.29, 0.717) is 35.2 Å². The van der Waals surface area contributed by atoms with Crippen LogP contribution in [0.2, 0.25) is 0 Å². The summed E-state index contributed by atoms with van der Waals surface area (Å²) in [6.07, 6.45) is 7.66. The van der Waals surface area contributed by atoms with Crippen molar-refractivity contribution in [3.8, 4) is 0 Å². The maximum absolute atomic E-state index is 12.9. The van der Waals surface area contributed by atoms with Gasteiger partial charge in [0.05, 0.1) is 21.7 Å². The molecule has 1 N–H and O–H groups in total. The molecule has 0 aliphatic carbocycles. The molecular weight excluding hydrogens is 408 g/mol. The molecule has 2 aliphatic rings. The van der Waals surface area contributed by atoms with Gasteiger partial charge in [-0.3, -0.25) is 9.69 Å². The summed E-state index contributed by atoms with van der Waals surface area (Å²) in [7, 11) is -3.47. The van der Waals surface area contributed by atoms with Crippen molar-refractivity contribution in [1.82, 2.24) is 14.2 Å². The molecule has 0 unspecified atom stereocenters. The molecular formula is C20H28N4O3S2. The summed E-state index contributed by atoms with van der Waals surface area (Å²) in [5, 5.41) is 3.41. The van der Waals surface area contributed by atoms with Crippen LogP contribution in [0.3, 0.4) is 0 Å². The van der Waals surface area contributed by atoms with Crippen LogP contribution < -0.4 is 5.32 Å². The minimum absolute atomic E-state index is 0.0629. The third-order valence-electron chi connectivity index (χ3n) is 5.62. The first-order chi connectivity index (χ1) is 14.0. The number of sulfonamides is 1. The van der Waals surface area contributed by atoms with Crippen molar-refractivity contribution in [2.24, 2.45) is 0 Å². The Morgan fingerprint density at radius 1 is 1.00 bits per heavy atom. The van der Waals surface area contributed by atoms with Crippen molar-refractivity contribution in [3.63, 3.8) is 0 Å². The number of hydrogen-bond donors (Lipinski definition) is 1. The molecule has 7 nitrogen and oxygen atoms in total. The van der Waals surface area contributed by atoms with Gasteiger partial charge >= 0.3 is 0 Å². The molecule has 29 heavy (non-hydrogen) atoms. The van der Waals surface area contributed by atoms with Gasteiger partial charge in [0, 0.05) is 13.1 Å². The molecule has 9 heteroatoms. The fourth-order valence-corrected chi connectivity index (χ4v) is 6.57. The average Bonchev–Trinajstić information content (AvgIpc) is 2.93.